The highest BCUT2D eigenvalue weighted by Gasteiger charge is 2.33. The first-order valence-corrected chi connectivity index (χ1v) is 18.3. The van der Waals surface area contributed by atoms with Gasteiger partial charge in [-0.05, 0) is 49.9 Å². The fourth-order valence-corrected chi connectivity index (χ4v) is 7.78. The van der Waals surface area contributed by atoms with Crippen molar-refractivity contribution < 1.29 is 28.7 Å². The van der Waals surface area contributed by atoms with Crippen molar-refractivity contribution >= 4 is 46.2 Å². The number of anilines is 2. The molecule has 2 atom stereocenters. The summed E-state index contributed by atoms with van der Waals surface area (Å²) in [7, 11) is 0. The first kappa shape index (κ1) is 35.5. The maximum atomic E-state index is 13.0. The summed E-state index contributed by atoms with van der Waals surface area (Å²) in [6.07, 6.45) is 5.74. The Morgan fingerprint density at radius 3 is 1.42 bits per heavy atom. The molecule has 12 nitrogen and oxygen atoms in total. The highest BCUT2D eigenvalue weighted by atomic mass is 16.5. The van der Waals surface area contributed by atoms with Crippen LogP contribution in [0.4, 0.5) is 11.4 Å². The molecule has 0 spiro atoms. The molecule has 2 aromatic carbocycles. The molecule has 6 aliphatic heterocycles. The van der Waals surface area contributed by atoms with E-state index in [2.05, 4.69) is 45.8 Å². The summed E-state index contributed by atoms with van der Waals surface area (Å²) >= 11 is 0. The van der Waals surface area contributed by atoms with Gasteiger partial charge in [0.05, 0.1) is 39.3 Å². The van der Waals surface area contributed by atoms with Crippen LogP contribution in [0.5, 0.6) is 0 Å². The van der Waals surface area contributed by atoms with Gasteiger partial charge in [0.1, 0.15) is 11.6 Å². The van der Waals surface area contributed by atoms with Crippen LogP contribution in [0.15, 0.2) is 82.3 Å². The maximum Gasteiger partial charge on any atom is 0.232 e. The average molecular weight is 707 g/mol. The largest absolute Gasteiger partial charge is 0.378 e. The van der Waals surface area contributed by atoms with Gasteiger partial charge < -0.3 is 29.1 Å². The number of allylic oxidation sites excluding steroid dienone is 2. The molecule has 2 aromatic rings. The van der Waals surface area contributed by atoms with Crippen molar-refractivity contribution in [2.45, 2.75) is 64.5 Å². The lowest BCUT2D eigenvalue weighted by atomic mass is 10.1. The summed E-state index contributed by atoms with van der Waals surface area (Å²) in [6.45, 7) is 9.56. The van der Waals surface area contributed by atoms with Crippen LogP contribution in [-0.4, -0.2) is 109 Å². The summed E-state index contributed by atoms with van der Waals surface area (Å²) in [6, 6.07) is 16.3. The average Bonchev–Trinajstić information content (AvgIpc) is 3.67. The van der Waals surface area contributed by atoms with Crippen LogP contribution >= 0.6 is 0 Å². The Bertz CT molecular complexity index is 1720. The molecule has 0 radical (unpaired) electrons. The highest BCUT2D eigenvalue weighted by Crippen LogP contribution is 2.34. The molecule has 0 bridgehead atoms. The summed E-state index contributed by atoms with van der Waals surface area (Å²) in [5.41, 5.74) is 5.67. The first-order valence-electron chi connectivity index (χ1n) is 18.3. The lowest BCUT2D eigenvalue weighted by Crippen LogP contribution is -2.38. The monoisotopic (exact) mass is 706 g/mol. The zero-order chi connectivity index (χ0) is 36.2. The number of ether oxygens (including phenoxy) is 2. The van der Waals surface area contributed by atoms with Crippen LogP contribution < -0.4 is 9.80 Å². The summed E-state index contributed by atoms with van der Waals surface area (Å²) in [4.78, 5) is 67.3. The molecule has 0 saturated carbocycles. The fraction of sp³-hybridized carbons (Fsp3) is 0.450. The second kappa shape index (κ2) is 15.7. The van der Waals surface area contributed by atoms with Crippen LogP contribution in [0, 0.1) is 0 Å². The van der Waals surface area contributed by atoms with E-state index in [1.54, 1.807) is 12.2 Å². The Morgan fingerprint density at radius 1 is 0.635 bits per heavy atom. The van der Waals surface area contributed by atoms with Crippen LogP contribution in [0.25, 0.3) is 0 Å². The van der Waals surface area contributed by atoms with Gasteiger partial charge in [0.15, 0.2) is 11.6 Å². The van der Waals surface area contributed by atoms with Gasteiger partial charge in [-0.15, -0.1) is 0 Å². The summed E-state index contributed by atoms with van der Waals surface area (Å²) in [5, 5.41) is 0. The predicted molar refractivity (Wildman–Crippen MR) is 198 cm³/mol. The van der Waals surface area contributed by atoms with E-state index < -0.39 is 0 Å². The van der Waals surface area contributed by atoms with Gasteiger partial charge >= 0.3 is 0 Å². The number of morpholine rings is 2. The minimum Gasteiger partial charge on any atom is -0.378 e. The Balaban J connectivity index is 0.000000162. The van der Waals surface area contributed by atoms with Gasteiger partial charge in [-0.1, -0.05) is 36.4 Å². The number of hydrogen-bond acceptors (Lipinski definition) is 10. The van der Waals surface area contributed by atoms with Crippen molar-refractivity contribution in [2.75, 3.05) is 62.4 Å². The SMILES string of the molecule is C[C@@H]1Cc2ccccc2N1C(=O)CC1=NC(N2CCOCC2)=CC(=O)C1.C[C@H]1Cc2ccccc2N1C(=O)CC1=NC(N2CCOCC2)=CC(=O)C1. The summed E-state index contributed by atoms with van der Waals surface area (Å²) in [5.74, 6) is 1.39. The Morgan fingerprint density at radius 2 is 1.02 bits per heavy atom. The molecule has 272 valence electrons. The third kappa shape index (κ3) is 7.93. The van der Waals surface area contributed by atoms with Crippen LogP contribution in [0.1, 0.15) is 50.7 Å². The minimum absolute atomic E-state index is 0.0113. The van der Waals surface area contributed by atoms with E-state index in [4.69, 9.17) is 9.47 Å². The number of para-hydroxylation sites is 2. The predicted octanol–water partition coefficient (Wildman–Crippen LogP) is 3.88. The van der Waals surface area contributed by atoms with Gasteiger partial charge in [0.2, 0.25) is 11.8 Å². The van der Waals surface area contributed by atoms with Crippen molar-refractivity contribution in [3.63, 3.8) is 0 Å². The number of carbonyl (C=O) groups excluding carboxylic acids is 4. The minimum atomic E-state index is 0.0113. The summed E-state index contributed by atoms with van der Waals surface area (Å²) < 4.78 is 10.7. The van der Waals surface area contributed by atoms with Crippen LogP contribution in [0.3, 0.4) is 0 Å². The van der Waals surface area contributed by atoms with Gasteiger partial charge in [-0.25, -0.2) is 9.98 Å². The van der Waals surface area contributed by atoms with E-state index in [1.165, 1.54) is 11.1 Å². The van der Waals surface area contributed by atoms with Crippen LogP contribution in [0.2, 0.25) is 0 Å². The highest BCUT2D eigenvalue weighted by molar-refractivity contribution is 6.17. The molecule has 52 heavy (non-hydrogen) atoms. The van der Waals surface area contributed by atoms with Gasteiger partial charge in [0.25, 0.3) is 0 Å². The molecule has 0 aliphatic carbocycles. The fourth-order valence-electron chi connectivity index (χ4n) is 7.78. The lowest BCUT2D eigenvalue weighted by molar-refractivity contribution is -0.118. The number of amides is 2. The molecule has 0 unspecified atom stereocenters. The van der Waals surface area contributed by atoms with E-state index >= 15 is 0 Å². The van der Waals surface area contributed by atoms with Gasteiger partial charge in [-0.2, -0.15) is 0 Å². The second-order valence-corrected chi connectivity index (χ2v) is 14.1. The zero-order valence-corrected chi connectivity index (χ0v) is 30.0. The van der Waals surface area contributed by atoms with E-state index in [-0.39, 0.29) is 61.1 Å². The zero-order valence-electron chi connectivity index (χ0n) is 30.0. The smallest absolute Gasteiger partial charge is 0.232 e. The molecular formula is C40H46N6O6. The van der Waals surface area contributed by atoms with Gasteiger partial charge in [-0.3, -0.25) is 19.2 Å². The Labute approximate surface area is 304 Å². The second-order valence-electron chi connectivity index (χ2n) is 14.1. The topological polar surface area (TPSA) is 124 Å². The van der Waals surface area contributed by atoms with E-state index in [9.17, 15) is 19.2 Å². The molecular weight excluding hydrogens is 660 g/mol. The van der Waals surface area contributed by atoms with Crippen molar-refractivity contribution in [3.05, 3.63) is 83.5 Å². The number of aliphatic imine (C=N–C) groups is 2. The normalized spacial score (nSPS) is 22.8. The molecule has 8 rings (SSSR count). The van der Waals surface area contributed by atoms with Crippen molar-refractivity contribution in [1.29, 1.82) is 0 Å². The number of nitrogens with zero attached hydrogens (tertiary/aromatic N) is 6. The van der Waals surface area contributed by atoms with E-state index in [1.807, 2.05) is 46.2 Å². The number of ketones is 2. The van der Waals surface area contributed by atoms with Gasteiger partial charge in [0, 0.05) is 86.1 Å². The number of fused-ring (bicyclic) bond motifs is 2. The van der Waals surface area contributed by atoms with Crippen molar-refractivity contribution in [2.24, 2.45) is 9.98 Å². The molecule has 6 heterocycles. The van der Waals surface area contributed by atoms with E-state index in [0.29, 0.717) is 49.5 Å². The number of carbonyl (C=O) groups is 4. The molecule has 6 aliphatic rings. The van der Waals surface area contributed by atoms with Crippen molar-refractivity contribution in [1.82, 2.24) is 9.80 Å². The van der Waals surface area contributed by atoms with E-state index in [0.717, 1.165) is 50.4 Å². The third-order valence-electron chi connectivity index (χ3n) is 10.2. The quantitative estimate of drug-likeness (QED) is 0.444. The number of benzene rings is 2. The molecule has 2 amide bonds. The molecule has 0 aromatic heterocycles. The molecule has 2 fully saturated rings. The first-order chi connectivity index (χ1) is 25.2. The third-order valence-corrected chi connectivity index (χ3v) is 10.2. The number of rotatable bonds is 6. The molecule has 0 N–H and O–H groups in total. The van der Waals surface area contributed by atoms with Crippen molar-refractivity contribution in [3.8, 4) is 0 Å². The number of hydrogen-bond donors (Lipinski definition) is 0. The van der Waals surface area contributed by atoms with Crippen LogP contribution in [-0.2, 0) is 41.5 Å². The standard InChI is InChI=1S/2C20H23N3O3/c2*1-14-10-15-4-2-3-5-18(15)23(14)20(25)12-16-11-17(24)13-19(21-16)22-6-8-26-9-7-22/h2*2-5,13-14H,6-12H2,1H3/t2*14-/m10/s1. The molecule has 2 saturated heterocycles. The maximum absolute atomic E-state index is 13.0. The molecule has 12 heteroatoms. The Hall–Kier alpha value is -4.94. The Kier molecular flexibility index (Phi) is 10.7. The lowest BCUT2D eigenvalue weighted by Gasteiger charge is -2.30.